The fraction of sp³-hybridized carbons (Fsp3) is 0.529. The van der Waals surface area contributed by atoms with E-state index < -0.39 is 11.5 Å². The van der Waals surface area contributed by atoms with Crippen LogP contribution in [0.2, 0.25) is 0 Å². The average Bonchev–Trinajstić information content (AvgIpc) is 3.44. The third kappa shape index (κ3) is 6.86. The number of aryl methyl sites for hydroxylation is 1. The van der Waals surface area contributed by atoms with Crippen LogP contribution in [0.25, 0.3) is 0 Å². The summed E-state index contributed by atoms with van der Waals surface area (Å²) in [5, 5.41) is 13.9. The number of dihydropyridines is 1. The molecule has 11 nitrogen and oxygen atoms in total. The molecule has 0 bridgehead atoms. The summed E-state index contributed by atoms with van der Waals surface area (Å²) in [6, 6.07) is 2.17. The number of nitrogens with two attached hydrogens (primary N) is 2. The molecular weight excluding hydrogens is 599 g/mol. The Morgan fingerprint density at radius 1 is 1.20 bits per heavy atom. The van der Waals surface area contributed by atoms with Crippen molar-refractivity contribution in [3.05, 3.63) is 65.5 Å². The number of nitrogens with one attached hydrogen (secondary N) is 1. The first kappa shape index (κ1) is 34.8. The molecule has 4 heterocycles. The molecule has 248 valence electrons. The predicted molar refractivity (Wildman–Crippen MR) is 186 cm³/mol. The molecule has 5 N–H and O–H groups in total. The van der Waals surface area contributed by atoms with Crippen molar-refractivity contribution in [2.45, 2.75) is 64.0 Å². The number of nitrogen functional groups attached to an aromatic ring is 1. The highest BCUT2D eigenvalue weighted by Crippen LogP contribution is 2.46. The van der Waals surface area contributed by atoms with Gasteiger partial charge < -0.3 is 31.5 Å². The zero-order chi connectivity index (χ0) is 33.6. The monoisotopic (exact) mass is 647 g/mol. The number of allylic oxidation sites excluding steroid dienone is 1. The second kappa shape index (κ2) is 15.0. The Labute approximate surface area is 277 Å². The number of nitrogens with zero attached hydrogens (tertiary/aromatic N) is 6. The second-order valence-electron chi connectivity index (χ2n) is 12.2. The van der Waals surface area contributed by atoms with Crippen molar-refractivity contribution in [2.75, 3.05) is 58.1 Å². The van der Waals surface area contributed by atoms with E-state index in [-0.39, 0.29) is 17.6 Å². The van der Waals surface area contributed by atoms with Crippen LogP contribution < -0.4 is 16.8 Å². The molecule has 2 saturated heterocycles. The van der Waals surface area contributed by atoms with E-state index in [0.29, 0.717) is 49.2 Å². The van der Waals surface area contributed by atoms with Gasteiger partial charge in [-0.05, 0) is 51.3 Å². The van der Waals surface area contributed by atoms with E-state index >= 15 is 0 Å². The fourth-order valence-corrected chi connectivity index (χ4v) is 8.18. The van der Waals surface area contributed by atoms with Gasteiger partial charge in [0.15, 0.2) is 0 Å². The molecule has 4 aliphatic rings. The smallest absolute Gasteiger partial charge is 0.257 e. The minimum absolute atomic E-state index is 0.0568. The van der Waals surface area contributed by atoms with E-state index in [1.54, 1.807) is 0 Å². The Kier molecular flexibility index (Phi) is 11.3. The minimum atomic E-state index is -0.962. The van der Waals surface area contributed by atoms with Gasteiger partial charge in [-0.15, -0.1) is 24.5 Å². The van der Waals surface area contributed by atoms with Gasteiger partial charge in [-0.2, -0.15) is 10.3 Å². The van der Waals surface area contributed by atoms with Crippen LogP contribution in [-0.4, -0.2) is 102 Å². The Bertz CT molecular complexity index is 1450. The summed E-state index contributed by atoms with van der Waals surface area (Å²) in [5.41, 5.74) is 14.0. The lowest BCUT2D eigenvalue weighted by molar-refractivity contribution is -0.127. The molecule has 0 saturated carbocycles. The second-order valence-corrected chi connectivity index (χ2v) is 13.3. The highest BCUT2D eigenvalue weighted by Gasteiger charge is 2.43. The standard InChI is InChI=1S/C32H45N9O2S.C2H4/c1-5-21-20-41(16-11-38(21)7-3)26-18-22(39-12-14-40(15-13-39)27(42)6-2)17-24(36-26)29(34)37-31(43)32(4)10-8-9-25-28(32)23(19-33)30(35)44-25;1-2/h6,17-18,21,24,36H,2,5,7-16,20,35H2,1,3-4H3,(H2,34,37,43);1-2H2. The lowest BCUT2D eigenvalue weighted by atomic mass is 9.72. The van der Waals surface area contributed by atoms with Crippen LogP contribution in [0.15, 0.2) is 54.5 Å². The third-order valence-electron chi connectivity index (χ3n) is 9.65. The number of carbonyl (C=O) groups is 2. The van der Waals surface area contributed by atoms with Gasteiger partial charge in [0.25, 0.3) is 5.91 Å². The van der Waals surface area contributed by atoms with Crippen LogP contribution in [0.5, 0.6) is 0 Å². The zero-order valence-corrected chi connectivity index (χ0v) is 28.4. The number of fused-ring (bicyclic) bond motifs is 1. The lowest BCUT2D eigenvalue weighted by Crippen LogP contribution is -2.56. The van der Waals surface area contributed by atoms with E-state index in [1.807, 2.05) is 17.9 Å². The number of piperazine rings is 2. The van der Waals surface area contributed by atoms with Gasteiger partial charge >= 0.3 is 0 Å². The largest absolute Gasteiger partial charge is 0.389 e. The van der Waals surface area contributed by atoms with Crippen LogP contribution >= 0.6 is 11.3 Å². The highest BCUT2D eigenvalue weighted by atomic mass is 32.1. The topological polar surface area (TPSA) is 147 Å². The molecule has 1 aromatic rings. The Hall–Kier alpha value is -4.08. The first-order chi connectivity index (χ1) is 22.1. The fourth-order valence-electron chi connectivity index (χ4n) is 6.99. The summed E-state index contributed by atoms with van der Waals surface area (Å²) >= 11 is 1.40. The number of thiophene rings is 1. The van der Waals surface area contributed by atoms with Gasteiger partial charge in [-0.25, -0.2) is 0 Å². The van der Waals surface area contributed by atoms with Crippen molar-refractivity contribution in [3.8, 4) is 6.07 Å². The number of amidine groups is 1. The summed E-state index contributed by atoms with van der Waals surface area (Å²) in [6.45, 7) is 22.2. The number of amides is 2. The van der Waals surface area contributed by atoms with Gasteiger partial charge in [0.2, 0.25) is 5.91 Å². The summed E-state index contributed by atoms with van der Waals surface area (Å²) in [6.07, 6.45) is 8.80. The van der Waals surface area contributed by atoms with Gasteiger partial charge in [0, 0.05) is 74.1 Å². The Morgan fingerprint density at radius 3 is 2.52 bits per heavy atom. The number of nitriles is 1. The third-order valence-corrected chi connectivity index (χ3v) is 10.7. The van der Waals surface area contributed by atoms with Crippen LogP contribution in [0.4, 0.5) is 5.00 Å². The van der Waals surface area contributed by atoms with E-state index in [1.165, 1.54) is 17.4 Å². The molecule has 1 aliphatic carbocycles. The van der Waals surface area contributed by atoms with E-state index in [4.69, 9.17) is 11.5 Å². The van der Waals surface area contributed by atoms with Crippen LogP contribution in [0, 0.1) is 11.3 Å². The zero-order valence-electron chi connectivity index (χ0n) is 27.6. The number of hydrogen-bond donors (Lipinski definition) is 3. The van der Waals surface area contributed by atoms with Crippen molar-refractivity contribution in [1.82, 2.24) is 24.9 Å². The summed E-state index contributed by atoms with van der Waals surface area (Å²) in [4.78, 5) is 40.6. The molecule has 46 heavy (non-hydrogen) atoms. The van der Waals surface area contributed by atoms with Crippen molar-refractivity contribution in [3.63, 3.8) is 0 Å². The van der Waals surface area contributed by atoms with Gasteiger partial charge in [0.05, 0.1) is 11.0 Å². The predicted octanol–water partition coefficient (Wildman–Crippen LogP) is 2.93. The molecule has 0 radical (unpaired) electrons. The normalized spacial score (nSPS) is 25.2. The number of likely N-dealkylation sites (N-methyl/N-ethyl adjacent to an activating group) is 1. The van der Waals surface area contributed by atoms with E-state index in [9.17, 15) is 14.9 Å². The SMILES string of the molecule is C=C.C=CC(=O)N1CCN(C2=CC(C(N)=NC(=O)C3(C)CCCc4sc(N)c(C#N)c43)NC(N3CCN(CC)C(CC)C3)=C2)CC1. The molecule has 3 aliphatic heterocycles. The molecule has 3 atom stereocenters. The van der Waals surface area contributed by atoms with Gasteiger partial charge in [-0.3, -0.25) is 14.5 Å². The quantitative estimate of drug-likeness (QED) is 0.176. The molecule has 1 aromatic heterocycles. The van der Waals surface area contributed by atoms with Gasteiger partial charge in [0.1, 0.15) is 28.8 Å². The molecule has 0 spiro atoms. The molecule has 2 fully saturated rings. The van der Waals surface area contributed by atoms with Crippen LogP contribution in [0.3, 0.4) is 0 Å². The molecule has 12 heteroatoms. The molecular formula is C34H49N9O2S. The maximum atomic E-state index is 13.9. The molecule has 5 rings (SSSR count). The first-order valence-electron chi connectivity index (χ1n) is 16.2. The number of aliphatic imine (C=N–C) groups is 1. The maximum Gasteiger partial charge on any atom is 0.257 e. The van der Waals surface area contributed by atoms with Crippen LogP contribution in [-0.2, 0) is 21.4 Å². The molecule has 0 aromatic carbocycles. The van der Waals surface area contributed by atoms with Crippen LogP contribution in [0.1, 0.15) is 56.0 Å². The van der Waals surface area contributed by atoms with E-state index in [2.05, 4.69) is 70.7 Å². The minimum Gasteiger partial charge on any atom is -0.389 e. The van der Waals surface area contributed by atoms with Crippen molar-refractivity contribution in [2.24, 2.45) is 10.7 Å². The van der Waals surface area contributed by atoms with Gasteiger partial charge in [-0.1, -0.05) is 20.4 Å². The van der Waals surface area contributed by atoms with Crippen molar-refractivity contribution < 1.29 is 9.59 Å². The Balaban J connectivity index is 0.00000235. The number of rotatable bonds is 7. The number of anilines is 1. The Morgan fingerprint density at radius 2 is 1.89 bits per heavy atom. The highest BCUT2D eigenvalue weighted by molar-refractivity contribution is 7.16. The first-order valence-corrected chi connectivity index (χ1v) is 17.0. The lowest BCUT2D eigenvalue weighted by Gasteiger charge is -2.45. The van der Waals surface area contributed by atoms with E-state index in [0.717, 1.165) is 67.4 Å². The molecule has 2 amide bonds. The summed E-state index contributed by atoms with van der Waals surface area (Å²) in [5.74, 6) is 0.740. The summed E-state index contributed by atoms with van der Waals surface area (Å²) < 4.78 is 0. The van der Waals surface area contributed by atoms with Crippen molar-refractivity contribution in [1.29, 1.82) is 5.26 Å². The average molecular weight is 648 g/mol. The molecule has 3 unspecified atom stereocenters. The number of hydrogen-bond acceptors (Lipinski definition) is 9. The van der Waals surface area contributed by atoms with Crippen molar-refractivity contribution >= 4 is 34.0 Å². The number of carbonyl (C=O) groups excluding carboxylic acids is 2. The maximum absolute atomic E-state index is 13.9. The summed E-state index contributed by atoms with van der Waals surface area (Å²) in [7, 11) is 0.